The van der Waals surface area contributed by atoms with Gasteiger partial charge in [0.25, 0.3) is 0 Å². The summed E-state index contributed by atoms with van der Waals surface area (Å²) in [4.78, 5) is 16.1. The van der Waals surface area contributed by atoms with Crippen LogP contribution in [0.5, 0.6) is 0 Å². The lowest BCUT2D eigenvalue weighted by Gasteiger charge is -2.10. The van der Waals surface area contributed by atoms with Gasteiger partial charge in [-0.1, -0.05) is 23.7 Å². The molecule has 1 aromatic carbocycles. The van der Waals surface area contributed by atoms with Crippen LogP contribution in [0.3, 0.4) is 0 Å². The molecule has 1 amide bonds. The molecule has 1 aliphatic heterocycles. The Balaban J connectivity index is 0.00000144. The molecule has 132 valence electrons. The lowest BCUT2D eigenvalue weighted by Crippen LogP contribution is -2.36. The van der Waals surface area contributed by atoms with Crippen LogP contribution >= 0.6 is 36.4 Å². The number of nitrogens with zero attached hydrogens (tertiary/aromatic N) is 1. The molecule has 0 radical (unpaired) electrons. The van der Waals surface area contributed by atoms with Crippen LogP contribution in [0.2, 0.25) is 5.02 Å². The Hall–Kier alpha value is -1.27. The normalized spacial score (nSPS) is 16.1. The van der Waals surface area contributed by atoms with Crippen LogP contribution in [-0.2, 0) is 11.2 Å². The van der Waals surface area contributed by atoms with E-state index in [1.54, 1.807) is 6.20 Å². The number of aromatic nitrogens is 1. The minimum atomic E-state index is 0. The number of carbonyl (C=O) groups is 1. The Labute approximate surface area is 158 Å². The maximum atomic E-state index is 11.9. The highest BCUT2D eigenvalue weighted by atomic mass is 35.5. The lowest BCUT2D eigenvalue weighted by atomic mass is 10.2. The van der Waals surface area contributed by atoms with Gasteiger partial charge in [-0.15, -0.1) is 24.8 Å². The van der Waals surface area contributed by atoms with E-state index in [0.717, 1.165) is 25.1 Å². The highest BCUT2D eigenvalue weighted by Crippen LogP contribution is 2.28. The van der Waals surface area contributed by atoms with Crippen LogP contribution in [0.25, 0.3) is 11.3 Å². The van der Waals surface area contributed by atoms with Crippen molar-refractivity contribution in [2.45, 2.75) is 25.3 Å². The van der Waals surface area contributed by atoms with Crippen molar-refractivity contribution in [3.63, 3.8) is 0 Å². The summed E-state index contributed by atoms with van der Waals surface area (Å²) in [6.45, 7) is 1.81. The Morgan fingerprint density at radius 2 is 2.17 bits per heavy atom. The monoisotopic (exact) mass is 391 g/mol. The predicted octanol–water partition coefficient (Wildman–Crippen LogP) is 3.25. The summed E-state index contributed by atoms with van der Waals surface area (Å²) in [6, 6.07) is 7.70. The molecule has 1 fully saturated rings. The van der Waals surface area contributed by atoms with Crippen LogP contribution in [0.4, 0.5) is 0 Å². The molecule has 2 N–H and O–H groups in total. The second-order valence-electron chi connectivity index (χ2n) is 5.36. The molecule has 3 rings (SSSR count). The van der Waals surface area contributed by atoms with Gasteiger partial charge in [0.1, 0.15) is 0 Å². The number of amides is 1. The smallest absolute Gasteiger partial charge is 0.220 e. The third kappa shape index (κ3) is 5.38. The molecule has 2 heterocycles. The molecule has 0 spiro atoms. The molecule has 1 aliphatic rings. The van der Waals surface area contributed by atoms with Crippen molar-refractivity contribution >= 4 is 42.3 Å². The number of oxazole rings is 1. The molecule has 8 heteroatoms. The van der Waals surface area contributed by atoms with Crippen LogP contribution in [0.1, 0.15) is 18.7 Å². The van der Waals surface area contributed by atoms with E-state index < -0.39 is 0 Å². The summed E-state index contributed by atoms with van der Waals surface area (Å²) < 4.78 is 5.68. The summed E-state index contributed by atoms with van der Waals surface area (Å²) in [5.41, 5.74) is 0.810. The third-order valence-electron chi connectivity index (χ3n) is 3.68. The first-order valence-corrected chi connectivity index (χ1v) is 7.80. The van der Waals surface area contributed by atoms with Gasteiger partial charge in [-0.25, -0.2) is 4.98 Å². The van der Waals surface area contributed by atoms with Crippen LogP contribution in [-0.4, -0.2) is 30.0 Å². The highest BCUT2D eigenvalue weighted by Gasteiger charge is 2.17. The van der Waals surface area contributed by atoms with Gasteiger partial charge in [0, 0.05) is 31.0 Å². The van der Waals surface area contributed by atoms with Crippen LogP contribution < -0.4 is 10.6 Å². The SMILES string of the molecule is Cl.Cl.O=C(CCc1ncc(-c2ccccc2Cl)o1)NC1CCNC1. The van der Waals surface area contributed by atoms with E-state index in [-0.39, 0.29) is 36.8 Å². The van der Waals surface area contributed by atoms with Crippen LogP contribution in [0.15, 0.2) is 34.9 Å². The summed E-state index contributed by atoms with van der Waals surface area (Å²) in [7, 11) is 0. The second-order valence-corrected chi connectivity index (χ2v) is 5.76. The molecular formula is C16H20Cl3N3O2. The topological polar surface area (TPSA) is 67.2 Å². The average molecular weight is 393 g/mol. The van der Waals surface area contributed by atoms with Crippen molar-refractivity contribution in [1.82, 2.24) is 15.6 Å². The first kappa shape index (κ1) is 20.8. The zero-order valence-corrected chi connectivity index (χ0v) is 15.3. The van der Waals surface area contributed by atoms with Gasteiger partial charge in [0.15, 0.2) is 11.7 Å². The Kier molecular flexibility index (Phi) is 8.56. The van der Waals surface area contributed by atoms with E-state index in [2.05, 4.69) is 15.6 Å². The minimum Gasteiger partial charge on any atom is -0.441 e. The molecule has 0 aliphatic carbocycles. The van der Waals surface area contributed by atoms with Gasteiger partial charge in [0.05, 0.1) is 11.2 Å². The van der Waals surface area contributed by atoms with E-state index in [1.807, 2.05) is 24.3 Å². The molecule has 1 unspecified atom stereocenters. The van der Waals surface area contributed by atoms with Crippen molar-refractivity contribution in [3.05, 3.63) is 41.4 Å². The van der Waals surface area contributed by atoms with E-state index >= 15 is 0 Å². The number of hydrogen-bond acceptors (Lipinski definition) is 4. The third-order valence-corrected chi connectivity index (χ3v) is 4.01. The molecule has 1 aromatic heterocycles. The lowest BCUT2D eigenvalue weighted by molar-refractivity contribution is -0.121. The molecule has 2 aromatic rings. The largest absolute Gasteiger partial charge is 0.441 e. The summed E-state index contributed by atoms with van der Waals surface area (Å²) in [5, 5.41) is 6.85. The Bertz CT molecular complexity index is 658. The molecule has 1 saturated heterocycles. The van der Waals surface area contributed by atoms with E-state index in [9.17, 15) is 4.79 Å². The van der Waals surface area contributed by atoms with Gasteiger partial charge in [0.2, 0.25) is 5.91 Å². The van der Waals surface area contributed by atoms with Gasteiger partial charge in [-0.05, 0) is 25.1 Å². The standard InChI is InChI=1S/C16H18ClN3O2.2ClH/c17-13-4-2-1-3-12(13)14-10-19-16(22-14)6-5-15(21)20-11-7-8-18-9-11;;/h1-4,10-11,18H,5-9H2,(H,20,21);2*1H. The van der Waals surface area contributed by atoms with Gasteiger partial charge in [-0.3, -0.25) is 4.79 Å². The first-order valence-electron chi connectivity index (χ1n) is 7.42. The van der Waals surface area contributed by atoms with Crippen molar-refractivity contribution in [1.29, 1.82) is 0 Å². The van der Waals surface area contributed by atoms with Crippen molar-refractivity contribution in [2.24, 2.45) is 0 Å². The summed E-state index contributed by atoms with van der Waals surface area (Å²) >= 11 is 6.13. The minimum absolute atomic E-state index is 0. The summed E-state index contributed by atoms with van der Waals surface area (Å²) in [6.07, 6.45) is 3.49. The second kappa shape index (κ2) is 9.89. The molecule has 5 nitrogen and oxygen atoms in total. The number of benzene rings is 1. The number of aryl methyl sites for hydroxylation is 1. The Morgan fingerprint density at radius 1 is 1.38 bits per heavy atom. The summed E-state index contributed by atoms with van der Waals surface area (Å²) in [5.74, 6) is 1.21. The maximum absolute atomic E-state index is 11.9. The zero-order chi connectivity index (χ0) is 15.4. The molecule has 24 heavy (non-hydrogen) atoms. The number of carbonyl (C=O) groups excluding carboxylic acids is 1. The quantitative estimate of drug-likeness (QED) is 0.819. The fourth-order valence-electron chi connectivity index (χ4n) is 2.51. The van der Waals surface area contributed by atoms with Crippen molar-refractivity contribution in [3.8, 4) is 11.3 Å². The van der Waals surface area contributed by atoms with Crippen molar-refractivity contribution in [2.75, 3.05) is 13.1 Å². The van der Waals surface area contributed by atoms with Gasteiger partial charge in [-0.2, -0.15) is 0 Å². The predicted molar refractivity (Wildman–Crippen MR) is 99.2 cm³/mol. The molecule has 1 atom stereocenters. The fraction of sp³-hybridized carbons (Fsp3) is 0.375. The van der Waals surface area contributed by atoms with Crippen LogP contribution in [0, 0.1) is 0 Å². The van der Waals surface area contributed by atoms with Gasteiger partial charge < -0.3 is 15.1 Å². The highest BCUT2D eigenvalue weighted by molar-refractivity contribution is 6.33. The average Bonchev–Trinajstić information content (AvgIpc) is 3.17. The van der Waals surface area contributed by atoms with E-state index in [4.69, 9.17) is 16.0 Å². The Morgan fingerprint density at radius 3 is 2.88 bits per heavy atom. The number of rotatable bonds is 5. The molecule has 0 bridgehead atoms. The number of hydrogen-bond donors (Lipinski definition) is 2. The number of nitrogens with one attached hydrogen (secondary N) is 2. The van der Waals surface area contributed by atoms with E-state index in [1.165, 1.54) is 0 Å². The number of halogens is 3. The maximum Gasteiger partial charge on any atom is 0.220 e. The zero-order valence-electron chi connectivity index (χ0n) is 13.0. The van der Waals surface area contributed by atoms with Crippen molar-refractivity contribution < 1.29 is 9.21 Å². The molecular weight excluding hydrogens is 373 g/mol. The molecule has 0 saturated carbocycles. The van der Waals surface area contributed by atoms with E-state index in [0.29, 0.717) is 29.5 Å². The fourth-order valence-corrected chi connectivity index (χ4v) is 2.74. The van der Waals surface area contributed by atoms with Gasteiger partial charge >= 0.3 is 0 Å². The first-order chi connectivity index (χ1) is 10.7.